The van der Waals surface area contributed by atoms with Crippen molar-refractivity contribution in [2.24, 2.45) is 15.4 Å². The average Bonchev–Trinajstić information content (AvgIpc) is 2.21. The number of nitrogens with zero attached hydrogens (tertiary/aromatic N) is 3. The van der Waals surface area contributed by atoms with Gasteiger partial charge in [0.2, 0.25) is 0 Å². The second-order valence-electron chi connectivity index (χ2n) is 2.42. The lowest BCUT2D eigenvalue weighted by atomic mass is 10.1. The summed E-state index contributed by atoms with van der Waals surface area (Å²) in [5.41, 5.74) is 4.49. The van der Waals surface area contributed by atoms with Gasteiger partial charge in [-0.2, -0.15) is 15.8 Å². The highest BCUT2D eigenvalue weighted by molar-refractivity contribution is 6.02. The third-order valence-corrected chi connectivity index (χ3v) is 1.63. The van der Waals surface area contributed by atoms with E-state index in [-0.39, 0.29) is 0 Å². The minimum atomic E-state index is 0.553. The van der Waals surface area contributed by atoms with Crippen molar-refractivity contribution in [1.82, 2.24) is 5.53 Å². The van der Waals surface area contributed by atoms with Crippen LogP contribution < -0.4 is 5.53 Å². The molecular weight excluding hydrogens is 152 g/mol. The first kappa shape index (κ1) is 6.97. The molecule has 1 aliphatic heterocycles. The fourth-order valence-electron chi connectivity index (χ4n) is 1.04. The van der Waals surface area contributed by atoms with Gasteiger partial charge >= 0.3 is 0 Å². The molecule has 2 rings (SSSR count). The zero-order chi connectivity index (χ0) is 8.23. The van der Waals surface area contributed by atoms with E-state index in [1.807, 2.05) is 30.3 Å². The van der Waals surface area contributed by atoms with E-state index >= 15 is 0 Å². The Morgan fingerprint density at radius 3 is 2.67 bits per heavy atom. The Bertz CT molecular complexity index is 315. The first-order chi connectivity index (χ1) is 5.97. The Morgan fingerprint density at radius 1 is 1.17 bits per heavy atom. The fourth-order valence-corrected chi connectivity index (χ4v) is 1.04. The lowest BCUT2D eigenvalue weighted by Crippen LogP contribution is -2.14. The largest absolute Gasteiger partial charge is 0.179 e. The van der Waals surface area contributed by atoms with Gasteiger partial charge in [-0.3, -0.25) is 0 Å². The van der Waals surface area contributed by atoms with Gasteiger partial charge in [-0.15, -0.1) is 0 Å². The van der Waals surface area contributed by atoms with Crippen molar-refractivity contribution in [3.63, 3.8) is 0 Å². The van der Waals surface area contributed by atoms with Crippen LogP contribution in [0.15, 0.2) is 45.8 Å². The molecule has 1 aromatic carbocycles. The third kappa shape index (κ3) is 1.32. The van der Waals surface area contributed by atoms with E-state index in [0.717, 1.165) is 11.3 Å². The predicted octanol–water partition coefficient (Wildman–Crippen LogP) is 1.36. The molecule has 0 amide bonds. The lowest BCUT2D eigenvalue weighted by Gasteiger charge is -2.05. The second kappa shape index (κ2) is 3.13. The van der Waals surface area contributed by atoms with Crippen molar-refractivity contribution in [3.05, 3.63) is 35.9 Å². The summed E-state index contributed by atoms with van der Waals surface area (Å²) >= 11 is 0. The van der Waals surface area contributed by atoms with Crippen LogP contribution in [0.5, 0.6) is 0 Å². The summed E-state index contributed by atoms with van der Waals surface area (Å²) in [6.45, 7) is 0.553. The number of hydrogen-bond acceptors (Lipinski definition) is 4. The molecule has 0 aromatic heterocycles. The SMILES string of the molecule is c1ccc(C2=NNN=NC2)cc1. The summed E-state index contributed by atoms with van der Waals surface area (Å²) in [6.07, 6.45) is 0. The van der Waals surface area contributed by atoms with Gasteiger partial charge < -0.3 is 0 Å². The Labute approximate surface area is 70.0 Å². The van der Waals surface area contributed by atoms with Crippen LogP contribution in [0.25, 0.3) is 0 Å². The quantitative estimate of drug-likeness (QED) is 0.662. The average molecular weight is 160 g/mol. The first-order valence-electron chi connectivity index (χ1n) is 3.70. The van der Waals surface area contributed by atoms with Gasteiger partial charge in [0.25, 0.3) is 0 Å². The Morgan fingerprint density at radius 2 is 2.00 bits per heavy atom. The normalized spacial score (nSPS) is 15.2. The van der Waals surface area contributed by atoms with Crippen LogP contribution in [0.2, 0.25) is 0 Å². The standard InChI is InChI=1S/C8H8N4/c1-2-4-7(5-3-1)8-6-9-11-12-10-8/h1-5H,6H2,(H,9,12). The van der Waals surface area contributed by atoms with Gasteiger partial charge in [-0.1, -0.05) is 35.6 Å². The maximum Gasteiger partial charge on any atom is 0.107 e. The minimum absolute atomic E-state index is 0.553. The minimum Gasteiger partial charge on any atom is -0.179 e. The molecule has 1 N–H and O–H groups in total. The molecular formula is C8H8N4. The summed E-state index contributed by atoms with van der Waals surface area (Å²) in [5.74, 6) is 0. The molecule has 0 bridgehead atoms. The number of nitrogens with one attached hydrogen (secondary N) is 1. The summed E-state index contributed by atoms with van der Waals surface area (Å²) in [7, 11) is 0. The van der Waals surface area contributed by atoms with Crippen LogP contribution in [0.1, 0.15) is 5.56 Å². The van der Waals surface area contributed by atoms with E-state index in [9.17, 15) is 0 Å². The van der Waals surface area contributed by atoms with Crippen LogP contribution in [0.4, 0.5) is 0 Å². The molecule has 0 saturated carbocycles. The molecule has 1 aliphatic rings. The summed E-state index contributed by atoms with van der Waals surface area (Å²) in [6, 6.07) is 9.93. The van der Waals surface area contributed by atoms with Gasteiger partial charge in [0.15, 0.2) is 0 Å². The lowest BCUT2D eigenvalue weighted by molar-refractivity contribution is 0.703. The molecule has 1 heterocycles. The summed E-state index contributed by atoms with van der Waals surface area (Å²) in [4.78, 5) is 0. The van der Waals surface area contributed by atoms with Crippen molar-refractivity contribution in [2.45, 2.75) is 0 Å². The second-order valence-corrected chi connectivity index (χ2v) is 2.42. The van der Waals surface area contributed by atoms with Crippen molar-refractivity contribution in [1.29, 1.82) is 0 Å². The number of rotatable bonds is 1. The van der Waals surface area contributed by atoms with Gasteiger partial charge in [-0.05, 0) is 5.56 Å². The van der Waals surface area contributed by atoms with E-state index < -0.39 is 0 Å². The Kier molecular flexibility index (Phi) is 1.82. The first-order valence-corrected chi connectivity index (χ1v) is 3.70. The monoisotopic (exact) mass is 160 g/mol. The highest BCUT2D eigenvalue weighted by Gasteiger charge is 2.03. The van der Waals surface area contributed by atoms with Crippen LogP contribution in [-0.4, -0.2) is 12.3 Å². The maximum atomic E-state index is 4.01. The van der Waals surface area contributed by atoms with E-state index in [2.05, 4.69) is 21.0 Å². The Balaban J connectivity index is 2.26. The van der Waals surface area contributed by atoms with E-state index in [1.54, 1.807) is 0 Å². The molecule has 0 radical (unpaired) electrons. The van der Waals surface area contributed by atoms with E-state index in [0.29, 0.717) is 6.54 Å². The molecule has 4 heteroatoms. The van der Waals surface area contributed by atoms with Crippen LogP contribution in [0, 0.1) is 0 Å². The van der Waals surface area contributed by atoms with Crippen molar-refractivity contribution in [2.75, 3.05) is 6.54 Å². The molecule has 60 valence electrons. The molecule has 4 nitrogen and oxygen atoms in total. The maximum absolute atomic E-state index is 4.01. The van der Waals surface area contributed by atoms with Crippen LogP contribution in [0.3, 0.4) is 0 Å². The zero-order valence-electron chi connectivity index (χ0n) is 6.44. The molecule has 0 spiro atoms. The molecule has 1 aromatic rings. The molecule has 0 aliphatic carbocycles. The van der Waals surface area contributed by atoms with Crippen molar-refractivity contribution >= 4 is 5.71 Å². The summed E-state index contributed by atoms with van der Waals surface area (Å²) in [5, 5.41) is 11.4. The van der Waals surface area contributed by atoms with Crippen LogP contribution in [-0.2, 0) is 0 Å². The molecule has 12 heavy (non-hydrogen) atoms. The highest BCUT2D eigenvalue weighted by atomic mass is 15.6. The van der Waals surface area contributed by atoms with Crippen molar-refractivity contribution < 1.29 is 0 Å². The van der Waals surface area contributed by atoms with Gasteiger partial charge in [0.1, 0.15) is 6.54 Å². The number of benzene rings is 1. The van der Waals surface area contributed by atoms with Gasteiger partial charge in [-0.25, -0.2) is 0 Å². The van der Waals surface area contributed by atoms with Crippen molar-refractivity contribution in [3.8, 4) is 0 Å². The van der Waals surface area contributed by atoms with Gasteiger partial charge in [0.05, 0.1) is 5.71 Å². The third-order valence-electron chi connectivity index (χ3n) is 1.63. The molecule has 0 unspecified atom stereocenters. The number of hydrogen-bond donors (Lipinski definition) is 1. The molecule has 0 fully saturated rings. The fraction of sp³-hybridized carbons (Fsp3) is 0.125. The molecule has 0 saturated heterocycles. The van der Waals surface area contributed by atoms with E-state index in [1.165, 1.54) is 0 Å². The zero-order valence-corrected chi connectivity index (χ0v) is 6.44. The molecule has 0 atom stereocenters. The van der Waals surface area contributed by atoms with Crippen LogP contribution >= 0.6 is 0 Å². The topological polar surface area (TPSA) is 49.1 Å². The predicted molar refractivity (Wildman–Crippen MR) is 45.8 cm³/mol. The summed E-state index contributed by atoms with van der Waals surface area (Å²) < 4.78 is 0. The highest BCUT2D eigenvalue weighted by Crippen LogP contribution is 2.02. The van der Waals surface area contributed by atoms with Gasteiger partial charge in [0, 0.05) is 0 Å². The Hall–Kier alpha value is -1.71. The smallest absolute Gasteiger partial charge is 0.107 e. The number of hydrazone groups is 1. The van der Waals surface area contributed by atoms with E-state index in [4.69, 9.17) is 0 Å².